The van der Waals surface area contributed by atoms with Crippen molar-refractivity contribution in [1.29, 1.82) is 0 Å². The summed E-state index contributed by atoms with van der Waals surface area (Å²) in [6, 6.07) is 2.03. The molecule has 0 spiro atoms. The molecule has 142 valence electrons. The fraction of sp³-hybridized carbons (Fsp3) is 0.538. The molecule has 1 saturated heterocycles. The van der Waals surface area contributed by atoms with Gasteiger partial charge in [-0.05, 0) is 31.0 Å². The molecule has 0 bridgehead atoms. The van der Waals surface area contributed by atoms with Crippen LogP contribution in [0.4, 0.5) is 13.2 Å². The maximum absolute atomic E-state index is 12.9. The SMILES string of the molecule is CS(=O)(=O)NC1CCN(S(=O)(=O)c2ccc(Cl)c(C(F)(F)F)c2)CC1. The molecule has 25 heavy (non-hydrogen) atoms. The summed E-state index contributed by atoms with van der Waals surface area (Å²) in [5.74, 6) is 0. The van der Waals surface area contributed by atoms with Gasteiger partial charge in [-0.3, -0.25) is 0 Å². The largest absolute Gasteiger partial charge is 0.417 e. The molecule has 1 aromatic carbocycles. The van der Waals surface area contributed by atoms with Crippen molar-refractivity contribution in [2.24, 2.45) is 0 Å². The van der Waals surface area contributed by atoms with Crippen LogP contribution >= 0.6 is 11.6 Å². The van der Waals surface area contributed by atoms with E-state index in [1.54, 1.807) is 0 Å². The summed E-state index contributed by atoms with van der Waals surface area (Å²) in [6.07, 6.45) is -3.31. The molecule has 1 heterocycles. The third-order valence-electron chi connectivity index (χ3n) is 3.72. The van der Waals surface area contributed by atoms with Crippen molar-refractivity contribution < 1.29 is 30.0 Å². The molecule has 0 unspecified atom stereocenters. The monoisotopic (exact) mass is 420 g/mol. The Morgan fingerprint density at radius 1 is 1.16 bits per heavy atom. The number of benzene rings is 1. The van der Waals surface area contributed by atoms with E-state index in [2.05, 4.69) is 4.72 Å². The smallest absolute Gasteiger partial charge is 0.213 e. The lowest BCUT2D eigenvalue weighted by Crippen LogP contribution is -2.46. The van der Waals surface area contributed by atoms with Crippen molar-refractivity contribution in [3.8, 4) is 0 Å². The number of hydrogen-bond donors (Lipinski definition) is 1. The Bertz CT molecular complexity index is 849. The maximum atomic E-state index is 12.9. The molecule has 6 nitrogen and oxygen atoms in total. The van der Waals surface area contributed by atoms with E-state index in [1.165, 1.54) is 0 Å². The van der Waals surface area contributed by atoms with Crippen molar-refractivity contribution in [3.05, 3.63) is 28.8 Å². The van der Waals surface area contributed by atoms with Crippen LogP contribution in [0.15, 0.2) is 23.1 Å². The molecule has 0 amide bonds. The minimum Gasteiger partial charge on any atom is -0.213 e. The van der Waals surface area contributed by atoms with Gasteiger partial charge in [-0.25, -0.2) is 21.6 Å². The summed E-state index contributed by atoms with van der Waals surface area (Å²) >= 11 is 5.50. The summed E-state index contributed by atoms with van der Waals surface area (Å²) in [5.41, 5.74) is -1.22. The van der Waals surface area contributed by atoms with E-state index in [-0.39, 0.29) is 25.9 Å². The summed E-state index contributed by atoms with van der Waals surface area (Å²) in [4.78, 5) is -0.501. The van der Waals surface area contributed by atoms with Crippen molar-refractivity contribution in [2.45, 2.75) is 30.0 Å². The van der Waals surface area contributed by atoms with Gasteiger partial charge in [-0.1, -0.05) is 11.6 Å². The van der Waals surface area contributed by atoms with E-state index < -0.39 is 47.7 Å². The Morgan fingerprint density at radius 2 is 1.72 bits per heavy atom. The Labute approximate surface area is 149 Å². The standard InChI is InChI=1S/C13H16ClF3N2O4S2/c1-24(20,21)18-9-4-6-19(7-5-9)25(22,23)10-2-3-12(14)11(8-10)13(15,16)17/h2-3,8-9,18H,4-7H2,1H3. The first-order valence-electron chi connectivity index (χ1n) is 7.15. The van der Waals surface area contributed by atoms with Gasteiger partial charge in [0.2, 0.25) is 20.0 Å². The molecule has 1 aliphatic rings. The number of sulfonamides is 2. The third-order valence-corrected chi connectivity index (χ3v) is 6.70. The normalized spacial score (nSPS) is 18.4. The molecule has 0 radical (unpaired) electrons. The average molecular weight is 421 g/mol. The molecule has 1 aliphatic heterocycles. The van der Waals surface area contributed by atoms with Gasteiger partial charge in [-0.15, -0.1) is 0 Å². The summed E-state index contributed by atoms with van der Waals surface area (Å²) in [5, 5.41) is -0.581. The second-order valence-corrected chi connectivity index (χ2v) is 9.83. The minimum absolute atomic E-state index is 0.000498. The number of nitrogens with zero attached hydrogens (tertiary/aromatic N) is 1. The molecule has 2 rings (SSSR count). The first-order chi connectivity index (χ1) is 11.3. The van der Waals surface area contributed by atoms with Crippen LogP contribution in [0.2, 0.25) is 5.02 Å². The number of piperidine rings is 1. The Kier molecular flexibility index (Phi) is 5.74. The molecule has 12 heteroatoms. The van der Waals surface area contributed by atoms with Gasteiger partial charge < -0.3 is 0 Å². The summed E-state index contributed by atoms with van der Waals surface area (Å²) < 4.78 is 89.7. The van der Waals surface area contributed by atoms with Gasteiger partial charge >= 0.3 is 6.18 Å². The number of halogens is 4. The van der Waals surface area contributed by atoms with Crippen LogP contribution in [0.1, 0.15) is 18.4 Å². The number of hydrogen-bond acceptors (Lipinski definition) is 4. The van der Waals surface area contributed by atoms with E-state index in [4.69, 9.17) is 11.6 Å². The van der Waals surface area contributed by atoms with Crippen LogP contribution in [-0.4, -0.2) is 46.5 Å². The average Bonchev–Trinajstić information content (AvgIpc) is 2.45. The van der Waals surface area contributed by atoms with Crippen LogP contribution in [0.3, 0.4) is 0 Å². The van der Waals surface area contributed by atoms with E-state index >= 15 is 0 Å². The predicted octanol–water partition coefficient (Wildman–Crippen LogP) is 2.06. The van der Waals surface area contributed by atoms with E-state index in [9.17, 15) is 30.0 Å². The highest BCUT2D eigenvalue weighted by atomic mass is 35.5. The zero-order valence-corrected chi connectivity index (χ0v) is 15.4. The molecular formula is C13H16ClF3N2O4S2. The number of nitrogens with one attached hydrogen (secondary N) is 1. The molecule has 1 fully saturated rings. The second-order valence-electron chi connectivity index (χ2n) is 5.71. The quantitative estimate of drug-likeness (QED) is 0.808. The molecule has 1 N–H and O–H groups in total. The van der Waals surface area contributed by atoms with Crippen molar-refractivity contribution in [1.82, 2.24) is 9.03 Å². The maximum Gasteiger partial charge on any atom is 0.417 e. The topological polar surface area (TPSA) is 83.6 Å². The molecule has 0 aromatic heterocycles. The van der Waals surface area contributed by atoms with Gasteiger partial charge in [0.15, 0.2) is 0 Å². The van der Waals surface area contributed by atoms with Crippen molar-refractivity contribution in [2.75, 3.05) is 19.3 Å². The van der Waals surface area contributed by atoms with Crippen LogP contribution in [0.25, 0.3) is 0 Å². The zero-order chi connectivity index (χ0) is 19.0. The highest BCUT2D eigenvalue weighted by Gasteiger charge is 2.36. The summed E-state index contributed by atoms with van der Waals surface area (Å²) in [6.45, 7) is -0.000997. The van der Waals surface area contributed by atoms with Crippen LogP contribution in [0, 0.1) is 0 Å². The van der Waals surface area contributed by atoms with Crippen LogP contribution in [-0.2, 0) is 26.2 Å². The highest BCUT2D eigenvalue weighted by Crippen LogP contribution is 2.36. The Morgan fingerprint density at radius 3 is 2.20 bits per heavy atom. The lowest BCUT2D eigenvalue weighted by Gasteiger charge is -2.31. The fourth-order valence-corrected chi connectivity index (χ4v) is 5.11. The van der Waals surface area contributed by atoms with E-state index in [0.29, 0.717) is 6.07 Å². The van der Waals surface area contributed by atoms with Crippen LogP contribution in [0.5, 0.6) is 0 Å². The molecular weight excluding hydrogens is 405 g/mol. The molecule has 0 aliphatic carbocycles. The molecule has 0 saturated carbocycles. The van der Waals surface area contributed by atoms with Gasteiger partial charge in [0.05, 0.1) is 21.7 Å². The van der Waals surface area contributed by atoms with E-state index in [1.807, 2.05) is 0 Å². The lowest BCUT2D eigenvalue weighted by atomic mass is 10.1. The first-order valence-corrected chi connectivity index (χ1v) is 10.9. The van der Waals surface area contributed by atoms with Gasteiger partial charge in [-0.2, -0.15) is 17.5 Å². The first kappa shape index (κ1) is 20.4. The Balaban J connectivity index is 2.21. The highest BCUT2D eigenvalue weighted by molar-refractivity contribution is 7.89. The number of alkyl halides is 3. The van der Waals surface area contributed by atoms with E-state index in [0.717, 1.165) is 22.7 Å². The van der Waals surface area contributed by atoms with Gasteiger partial charge in [0.25, 0.3) is 0 Å². The van der Waals surface area contributed by atoms with Crippen molar-refractivity contribution in [3.63, 3.8) is 0 Å². The molecule has 1 aromatic rings. The molecule has 0 atom stereocenters. The number of rotatable bonds is 4. The Hall–Kier alpha value is -0.880. The van der Waals surface area contributed by atoms with Crippen LogP contribution < -0.4 is 4.72 Å². The summed E-state index contributed by atoms with van der Waals surface area (Å²) in [7, 11) is -7.54. The third kappa shape index (κ3) is 5.07. The fourth-order valence-electron chi connectivity index (χ4n) is 2.55. The van der Waals surface area contributed by atoms with Gasteiger partial charge in [0, 0.05) is 19.1 Å². The van der Waals surface area contributed by atoms with Gasteiger partial charge in [0.1, 0.15) is 0 Å². The minimum atomic E-state index is -4.77. The second kappa shape index (κ2) is 7.03. The zero-order valence-electron chi connectivity index (χ0n) is 13.0. The lowest BCUT2D eigenvalue weighted by molar-refractivity contribution is -0.137. The van der Waals surface area contributed by atoms with Crippen molar-refractivity contribution >= 4 is 31.6 Å². The predicted molar refractivity (Wildman–Crippen MR) is 86.2 cm³/mol.